The van der Waals surface area contributed by atoms with Crippen molar-refractivity contribution in [3.63, 3.8) is 0 Å². The van der Waals surface area contributed by atoms with Crippen molar-refractivity contribution in [3.8, 4) is 0 Å². The number of thiol groups is 1. The van der Waals surface area contributed by atoms with E-state index < -0.39 is 0 Å². The highest BCUT2D eigenvalue weighted by Crippen LogP contribution is 1.90. The quantitative estimate of drug-likeness (QED) is 0.305. The molecule has 0 aromatic rings. The van der Waals surface area contributed by atoms with Crippen LogP contribution in [0, 0.1) is 0 Å². The fraction of sp³-hybridized carbons (Fsp3) is 0.250. The molecule has 7 heavy (non-hydrogen) atoms. The Balaban J connectivity index is 3.68. The van der Waals surface area contributed by atoms with Crippen LogP contribution < -0.4 is 0 Å². The number of hydrogen-bond acceptors (Lipinski definition) is 3. The minimum absolute atomic E-state index is 0.201. The maximum Gasteiger partial charge on any atom is 0.156 e. The number of hydrogen-bond donors (Lipinski definition) is 2. The van der Waals surface area contributed by atoms with Crippen LogP contribution in [-0.2, 0) is 4.79 Å². The second-order valence-electron chi connectivity index (χ2n) is 1.11. The van der Waals surface area contributed by atoms with E-state index in [0.717, 1.165) is 6.08 Å². The molecule has 40 valence electrons. The lowest BCUT2D eigenvalue weighted by atomic mass is 10.4. The molecular formula is C4H6O2S. The van der Waals surface area contributed by atoms with Gasteiger partial charge in [-0.1, -0.05) is 0 Å². The molecule has 0 aliphatic heterocycles. The van der Waals surface area contributed by atoms with Crippen molar-refractivity contribution in [2.24, 2.45) is 0 Å². The van der Waals surface area contributed by atoms with Crippen LogP contribution in [-0.4, -0.2) is 10.9 Å². The van der Waals surface area contributed by atoms with Crippen molar-refractivity contribution in [2.45, 2.75) is 6.92 Å². The predicted octanol–water partition coefficient (Wildman–Crippen LogP) is 0.905. The zero-order chi connectivity index (χ0) is 5.86. The van der Waals surface area contributed by atoms with Crippen LogP contribution in [0.1, 0.15) is 6.92 Å². The third kappa shape index (κ3) is 5.56. The Labute approximate surface area is 47.3 Å². The molecule has 2 nitrogen and oxygen atoms in total. The normalized spacial score (nSPS) is 11.4. The van der Waals surface area contributed by atoms with Gasteiger partial charge in [-0.15, -0.1) is 12.6 Å². The summed E-state index contributed by atoms with van der Waals surface area (Å²) < 4.78 is 0. The minimum Gasteiger partial charge on any atom is -0.502 e. The second kappa shape index (κ2) is 2.69. The summed E-state index contributed by atoms with van der Waals surface area (Å²) in [6.07, 6.45) is 1.03. The van der Waals surface area contributed by atoms with Gasteiger partial charge in [0.25, 0.3) is 0 Å². The molecule has 0 aromatic carbocycles. The summed E-state index contributed by atoms with van der Waals surface area (Å²) in [4.78, 5) is 9.97. The zero-order valence-corrected chi connectivity index (χ0v) is 4.77. The van der Waals surface area contributed by atoms with E-state index in [0.29, 0.717) is 0 Å². The topological polar surface area (TPSA) is 37.3 Å². The number of carbonyl (C=O) groups is 1. The molecule has 1 N–H and O–H groups in total. The minimum atomic E-state index is -0.243. The highest BCUT2D eigenvalue weighted by molar-refractivity contribution is 7.84. The summed E-state index contributed by atoms with van der Waals surface area (Å²) in [5.41, 5.74) is 0. The molecule has 0 radical (unpaired) electrons. The summed E-state index contributed by atoms with van der Waals surface area (Å²) in [6.45, 7) is 1.34. The van der Waals surface area contributed by atoms with E-state index in [9.17, 15) is 4.79 Å². The Bertz CT molecular complexity index is 102. The molecule has 0 amide bonds. The average molecular weight is 118 g/mol. The Kier molecular flexibility index (Phi) is 2.52. The lowest BCUT2D eigenvalue weighted by molar-refractivity contribution is -0.112. The third-order valence-corrected chi connectivity index (χ3v) is 0.461. The number of aliphatic hydroxyl groups excluding tert-OH is 1. The summed E-state index contributed by atoms with van der Waals surface area (Å²) in [7, 11) is 0. The summed E-state index contributed by atoms with van der Waals surface area (Å²) in [5.74, 6) is -0.201. The largest absolute Gasteiger partial charge is 0.502 e. The van der Waals surface area contributed by atoms with Crippen molar-refractivity contribution in [3.05, 3.63) is 11.2 Å². The predicted molar refractivity (Wildman–Crippen MR) is 30.4 cm³/mol. The van der Waals surface area contributed by atoms with Gasteiger partial charge in [-0.3, -0.25) is 4.79 Å². The Morgan fingerprint density at radius 3 is 2.29 bits per heavy atom. The fourth-order valence-electron chi connectivity index (χ4n) is 0.182. The van der Waals surface area contributed by atoms with Crippen LogP contribution in [0.4, 0.5) is 0 Å². The first kappa shape index (κ1) is 6.56. The second-order valence-corrected chi connectivity index (χ2v) is 1.57. The Hall–Kier alpha value is -0.440. The molecule has 0 aliphatic carbocycles. The number of ketones is 1. The van der Waals surface area contributed by atoms with Gasteiger partial charge in [-0.05, 0) is 6.92 Å². The molecule has 0 unspecified atom stereocenters. The van der Waals surface area contributed by atoms with Crippen molar-refractivity contribution in [1.82, 2.24) is 0 Å². The molecule has 0 atom stereocenters. The molecule has 0 saturated heterocycles. The van der Waals surface area contributed by atoms with Crippen molar-refractivity contribution < 1.29 is 9.90 Å². The molecule has 0 bridgehead atoms. The first-order valence-corrected chi connectivity index (χ1v) is 2.18. The van der Waals surface area contributed by atoms with E-state index in [4.69, 9.17) is 5.11 Å². The molecule has 0 aliphatic rings. The van der Waals surface area contributed by atoms with E-state index in [1.165, 1.54) is 6.92 Å². The summed E-state index contributed by atoms with van der Waals surface area (Å²) in [5, 5.41) is 7.98. The van der Waals surface area contributed by atoms with E-state index in [2.05, 4.69) is 12.6 Å². The van der Waals surface area contributed by atoms with Crippen molar-refractivity contribution >= 4 is 18.4 Å². The Morgan fingerprint density at radius 2 is 2.29 bits per heavy atom. The van der Waals surface area contributed by atoms with Gasteiger partial charge in [0.2, 0.25) is 0 Å². The molecule has 0 saturated carbocycles. The van der Waals surface area contributed by atoms with Gasteiger partial charge in [0.1, 0.15) is 5.09 Å². The molecule has 0 rings (SSSR count). The van der Waals surface area contributed by atoms with Crippen LogP contribution in [0.15, 0.2) is 11.2 Å². The molecule has 0 heterocycles. The summed E-state index contributed by atoms with van der Waals surface area (Å²) in [6, 6.07) is 0. The van der Waals surface area contributed by atoms with E-state index in [-0.39, 0.29) is 10.9 Å². The lowest BCUT2D eigenvalue weighted by Gasteiger charge is -1.79. The number of carbonyl (C=O) groups excluding carboxylic acids is 1. The third-order valence-electron chi connectivity index (χ3n) is 0.332. The lowest BCUT2D eigenvalue weighted by Crippen LogP contribution is -1.81. The maximum atomic E-state index is 9.97. The van der Waals surface area contributed by atoms with Gasteiger partial charge in [0.15, 0.2) is 5.78 Å². The van der Waals surface area contributed by atoms with Gasteiger partial charge in [-0.2, -0.15) is 0 Å². The molecule has 0 fully saturated rings. The first-order chi connectivity index (χ1) is 3.13. The SMILES string of the molecule is CC(=O)/C=C(\O)S. The highest BCUT2D eigenvalue weighted by Gasteiger charge is 1.83. The van der Waals surface area contributed by atoms with Gasteiger partial charge >= 0.3 is 0 Å². The average Bonchev–Trinajstić information content (AvgIpc) is 1.27. The number of aliphatic hydroxyl groups is 1. The monoisotopic (exact) mass is 118 g/mol. The zero-order valence-electron chi connectivity index (χ0n) is 3.88. The van der Waals surface area contributed by atoms with Gasteiger partial charge in [-0.25, -0.2) is 0 Å². The first-order valence-electron chi connectivity index (χ1n) is 1.73. The highest BCUT2D eigenvalue weighted by atomic mass is 32.1. The summed E-state index contributed by atoms with van der Waals surface area (Å²) >= 11 is 3.43. The molecule has 0 spiro atoms. The van der Waals surface area contributed by atoms with Crippen LogP contribution in [0.3, 0.4) is 0 Å². The molecule has 0 aromatic heterocycles. The van der Waals surface area contributed by atoms with Crippen molar-refractivity contribution in [2.75, 3.05) is 0 Å². The number of allylic oxidation sites excluding steroid dienone is 1. The maximum absolute atomic E-state index is 9.97. The van der Waals surface area contributed by atoms with E-state index in [1.54, 1.807) is 0 Å². The molecule has 3 heteroatoms. The molecular weight excluding hydrogens is 112 g/mol. The van der Waals surface area contributed by atoms with Gasteiger partial charge < -0.3 is 5.11 Å². The van der Waals surface area contributed by atoms with Crippen LogP contribution in [0.25, 0.3) is 0 Å². The standard InChI is InChI=1S/C4H6O2S/c1-3(5)2-4(6)7/h2,6-7H,1H3/b4-2+. The van der Waals surface area contributed by atoms with Crippen LogP contribution in [0.5, 0.6) is 0 Å². The van der Waals surface area contributed by atoms with E-state index in [1.807, 2.05) is 0 Å². The van der Waals surface area contributed by atoms with Crippen LogP contribution >= 0.6 is 12.6 Å². The van der Waals surface area contributed by atoms with Gasteiger partial charge in [0, 0.05) is 6.08 Å². The van der Waals surface area contributed by atoms with Crippen LogP contribution in [0.2, 0.25) is 0 Å². The Morgan fingerprint density at radius 1 is 1.86 bits per heavy atom. The van der Waals surface area contributed by atoms with E-state index >= 15 is 0 Å². The fourth-order valence-corrected chi connectivity index (χ4v) is 0.364. The smallest absolute Gasteiger partial charge is 0.156 e. The van der Waals surface area contributed by atoms with Gasteiger partial charge in [0.05, 0.1) is 0 Å². The number of rotatable bonds is 1. The van der Waals surface area contributed by atoms with Crippen molar-refractivity contribution in [1.29, 1.82) is 0 Å².